The Balaban J connectivity index is 2.22. The van der Waals surface area contributed by atoms with Crippen LogP contribution in [0.5, 0.6) is 5.75 Å². The van der Waals surface area contributed by atoms with Gasteiger partial charge in [0, 0.05) is 12.1 Å². The number of nitrogens with zero attached hydrogens (tertiary/aromatic N) is 3. The molecule has 6 nitrogen and oxygen atoms in total. The molecule has 0 spiro atoms. The van der Waals surface area contributed by atoms with Crippen LogP contribution in [0.15, 0.2) is 52.7 Å². The summed E-state index contributed by atoms with van der Waals surface area (Å²) < 4.78 is 0. The van der Waals surface area contributed by atoms with E-state index in [4.69, 9.17) is 0 Å². The van der Waals surface area contributed by atoms with Crippen molar-refractivity contribution < 1.29 is 10.0 Å². The van der Waals surface area contributed by atoms with E-state index in [0.717, 1.165) is 5.56 Å². The molecule has 0 aromatic heterocycles. The number of phenols is 1. The van der Waals surface area contributed by atoms with Crippen molar-refractivity contribution >= 4 is 17.1 Å². The summed E-state index contributed by atoms with van der Waals surface area (Å²) in [5.74, 6) is 0.0382. The molecule has 0 unspecified atom stereocenters. The number of azo groups is 1. The number of nitro groups is 1. The summed E-state index contributed by atoms with van der Waals surface area (Å²) in [4.78, 5) is 10.0. The van der Waals surface area contributed by atoms with E-state index in [1.165, 1.54) is 24.3 Å². The smallest absolute Gasteiger partial charge is 0.269 e. The zero-order valence-electron chi connectivity index (χ0n) is 10.1. The molecular weight excluding hydrogens is 246 g/mol. The number of benzene rings is 2. The molecule has 0 amide bonds. The van der Waals surface area contributed by atoms with Crippen LogP contribution in [0.2, 0.25) is 0 Å². The van der Waals surface area contributed by atoms with Crippen LogP contribution in [-0.2, 0) is 0 Å². The molecule has 2 aromatic carbocycles. The molecule has 2 rings (SSSR count). The van der Waals surface area contributed by atoms with Crippen molar-refractivity contribution in [2.75, 3.05) is 0 Å². The van der Waals surface area contributed by atoms with Crippen molar-refractivity contribution in [2.45, 2.75) is 6.92 Å². The summed E-state index contributed by atoms with van der Waals surface area (Å²) in [6.07, 6.45) is 0. The second-order valence-electron chi connectivity index (χ2n) is 3.97. The Morgan fingerprint density at radius 1 is 1.11 bits per heavy atom. The second kappa shape index (κ2) is 5.26. The standard InChI is InChI=1S/C13H11N3O3/c1-9-2-7-13(17)12(8-9)15-14-10-3-5-11(6-4-10)16(18)19/h2-8,17H,1H3/b15-14+. The van der Waals surface area contributed by atoms with E-state index < -0.39 is 4.92 Å². The Labute approximate surface area is 109 Å². The number of rotatable bonds is 3. The number of aromatic hydroxyl groups is 1. The highest BCUT2D eigenvalue weighted by atomic mass is 16.6. The van der Waals surface area contributed by atoms with E-state index in [2.05, 4.69) is 10.2 Å². The molecule has 0 aliphatic rings. The summed E-state index contributed by atoms with van der Waals surface area (Å²) in [6, 6.07) is 10.7. The molecule has 1 N–H and O–H groups in total. The molecule has 19 heavy (non-hydrogen) atoms. The first-order valence-electron chi connectivity index (χ1n) is 5.52. The van der Waals surface area contributed by atoms with Crippen molar-refractivity contribution in [3.05, 3.63) is 58.1 Å². The van der Waals surface area contributed by atoms with Gasteiger partial charge >= 0.3 is 0 Å². The number of hydrogen-bond donors (Lipinski definition) is 1. The van der Waals surface area contributed by atoms with Gasteiger partial charge in [0.05, 0.1) is 10.6 Å². The van der Waals surface area contributed by atoms with E-state index in [9.17, 15) is 15.2 Å². The SMILES string of the molecule is Cc1ccc(O)c(/N=N/c2ccc([N+](=O)[O-])cc2)c1. The van der Waals surface area contributed by atoms with E-state index in [1.807, 2.05) is 6.92 Å². The summed E-state index contributed by atoms with van der Waals surface area (Å²) in [5, 5.41) is 27.9. The Bertz CT molecular complexity index is 636. The Hall–Kier alpha value is -2.76. The molecule has 0 saturated carbocycles. The van der Waals surface area contributed by atoms with Crippen LogP contribution in [-0.4, -0.2) is 10.0 Å². The van der Waals surface area contributed by atoms with Crippen LogP contribution in [0, 0.1) is 17.0 Å². The molecule has 0 radical (unpaired) electrons. The molecule has 0 atom stereocenters. The first-order valence-corrected chi connectivity index (χ1v) is 5.52. The third kappa shape index (κ3) is 3.12. The first-order chi connectivity index (χ1) is 9.06. The van der Waals surface area contributed by atoms with Gasteiger partial charge in [0.15, 0.2) is 0 Å². The van der Waals surface area contributed by atoms with E-state index in [1.54, 1.807) is 18.2 Å². The van der Waals surface area contributed by atoms with Crippen LogP contribution >= 0.6 is 0 Å². The highest BCUT2D eigenvalue weighted by molar-refractivity contribution is 5.53. The lowest BCUT2D eigenvalue weighted by atomic mass is 10.2. The minimum Gasteiger partial charge on any atom is -0.506 e. The van der Waals surface area contributed by atoms with E-state index in [0.29, 0.717) is 11.4 Å². The normalized spacial score (nSPS) is 10.8. The number of hydrogen-bond acceptors (Lipinski definition) is 5. The van der Waals surface area contributed by atoms with Crippen LogP contribution in [0.1, 0.15) is 5.56 Å². The van der Waals surface area contributed by atoms with Gasteiger partial charge in [-0.2, -0.15) is 5.11 Å². The maximum absolute atomic E-state index is 10.5. The second-order valence-corrected chi connectivity index (χ2v) is 3.97. The predicted molar refractivity (Wildman–Crippen MR) is 70.1 cm³/mol. The molecule has 2 aromatic rings. The number of phenolic OH excluding ortho intramolecular Hbond substituents is 1. The largest absolute Gasteiger partial charge is 0.506 e. The lowest BCUT2D eigenvalue weighted by Crippen LogP contribution is -1.85. The highest BCUT2D eigenvalue weighted by Gasteiger charge is 2.03. The van der Waals surface area contributed by atoms with Gasteiger partial charge in [-0.15, -0.1) is 5.11 Å². The predicted octanol–water partition coefficient (Wildman–Crippen LogP) is 4.02. The molecule has 0 saturated heterocycles. The average molecular weight is 257 g/mol. The summed E-state index contributed by atoms with van der Waals surface area (Å²) in [5.41, 5.74) is 1.79. The molecule has 6 heteroatoms. The fourth-order valence-corrected chi connectivity index (χ4v) is 1.47. The molecule has 0 bridgehead atoms. The Morgan fingerprint density at radius 3 is 2.42 bits per heavy atom. The van der Waals surface area contributed by atoms with Crippen LogP contribution in [0.4, 0.5) is 17.1 Å². The third-order valence-corrected chi connectivity index (χ3v) is 2.46. The molecule has 96 valence electrons. The van der Waals surface area contributed by atoms with Gasteiger partial charge in [-0.1, -0.05) is 6.07 Å². The monoisotopic (exact) mass is 257 g/mol. The molecule has 0 heterocycles. The average Bonchev–Trinajstić information content (AvgIpc) is 2.40. The zero-order valence-corrected chi connectivity index (χ0v) is 10.1. The van der Waals surface area contributed by atoms with E-state index >= 15 is 0 Å². The van der Waals surface area contributed by atoms with Gasteiger partial charge in [0.25, 0.3) is 5.69 Å². The molecule has 0 aliphatic heterocycles. The Morgan fingerprint density at radius 2 is 1.79 bits per heavy atom. The zero-order chi connectivity index (χ0) is 13.8. The molecular formula is C13H11N3O3. The highest BCUT2D eigenvalue weighted by Crippen LogP contribution is 2.29. The van der Waals surface area contributed by atoms with Gasteiger partial charge in [-0.3, -0.25) is 10.1 Å². The Kier molecular flexibility index (Phi) is 3.51. The van der Waals surface area contributed by atoms with Gasteiger partial charge in [-0.05, 0) is 36.8 Å². The minimum absolute atomic E-state index is 0.00245. The van der Waals surface area contributed by atoms with Crippen LogP contribution in [0.3, 0.4) is 0 Å². The molecule has 0 fully saturated rings. The number of aryl methyl sites for hydroxylation is 1. The van der Waals surface area contributed by atoms with Crippen molar-refractivity contribution in [3.63, 3.8) is 0 Å². The van der Waals surface area contributed by atoms with Crippen LogP contribution in [0.25, 0.3) is 0 Å². The summed E-state index contributed by atoms with van der Waals surface area (Å²) >= 11 is 0. The quantitative estimate of drug-likeness (QED) is 0.511. The minimum atomic E-state index is -0.479. The van der Waals surface area contributed by atoms with Gasteiger partial charge < -0.3 is 5.11 Å². The fourth-order valence-electron chi connectivity index (χ4n) is 1.47. The number of nitro benzene ring substituents is 1. The van der Waals surface area contributed by atoms with Gasteiger partial charge in [0.2, 0.25) is 0 Å². The fraction of sp³-hybridized carbons (Fsp3) is 0.0769. The van der Waals surface area contributed by atoms with Gasteiger partial charge in [0.1, 0.15) is 11.4 Å². The lowest BCUT2D eigenvalue weighted by Gasteiger charge is -1.99. The van der Waals surface area contributed by atoms with Crippen molar-refractivity contribution in [2.24, 2.45) is 10.2 Å². The van der Waals surface area contributed by atoms with Crippen molar-refractivity contribution in [1.29, 1.82) is 0 Å². The van der Waals surface area contributed by atoms with Gasteiger partial charge in [-0.25, -0.2) is 0 Å². The maximum atomic E-state index is 10.5. The first kappa shape index (κ1) is 12.7. The summed E-state index contributed by atoms with van der Waals surface area (Å²) in [7, 11) is 0. The van der Waals surface area contributed by atoms with E-state index in [-0.39, 0.29) is 11.4 Å². The topological polar surface area (TPSA) is 88.1 Å². The number of non-ortho nitro benzene ring substituents is 1. The van der Waals surface area contributed by atoms with Crippen LogP contribution < -0.4 is 0 Å². The van der Waals surface area contributed by atoms with Crippen molar-refractivity contribution in [3.8, 4) is 5.75 Å². The third-order valence-electron chi connectivity index (χ3n) is 2.46. The summed E-state index contributed by atoms with van der Waals surface area (Å²) in [6.45, 7) is 1.88. The maximum Gasteiger partial charge on any atom is 0.269 e. The lowest BCUT2D eigenvalue weighted by molar-refractivity contribution is -0.384. The van der Waals surface area contributed by atoms with Crippen molar-refractivity contribution in [1.82, 2.24) is 0 Å². The molecule has 0 aliphatic carbocycles.